The van der Waals surface area contributed by atoms with Crippen molar-refractivity contribution in [2.45, 2.75) is 38.3 Å². The molecule has 0 aliphatic carbocycles. The van der Waals surface area contributed by atoms with Gasteiger partial charge in [0.15, 0.2) is 0 Å². The van der Waals surface area contributed by atoms with Crippen LogP contribution in [0.5, 0.6) is 5.75 Å². The van der Waals surface area contributed by atoms with E-state index in [1.807, 2.05) is 13.0 Å². The summed E-state index contributed by atoms with van der Waals surface area (Å²) in [6.45, 7) is 5.91. The lowest BCUT2D eigenvalue weighted by Crippen LogP contribution is -2.44. The molecule has 0 bridgehead atoms. The number of hydrogen-bond donors (Lipinski definition) is 2. The van der Waals surface area contributed by atoms with Crippen LogP contribution in [0.3, 0.4) is 0 Å². The maximum absolute atomic E-state index is 12.5. The number of hydrogen-bond acceptors (Lipinski definition) is 5. The first kappa shape index (κ1) is 19.9. The molecule has 26 heavy (non-hydrogen) atoms. The molecule has 1 amide bonds. The van der Waals surface area contributed by atoms with Gasteiger partial charge in [0.05, 0.1) is 17.5 Å². The van der Waals surface area contributed by atoms with E-state index in [4.69, 9.17) is 4.74 Å². The molecule has 2 N–H and O–H groups in total. The Kier molecular flexibility index (Phi) is 6.70. The van der Waals surface area contributed by atoms with Crippen molar-refractivity contribution in [3.8, 4) is 5.75 Å². The van der Waals surface area contributed by atoms with Crippen molar-refractivity contribution in [3.63, 3.8) is 0 Å². The number of carbonyl (C=O) groups is 1. The molecule has 7 nitrogen and oxygen atoms in total. The van der Waals surface area contributed by atoms with Gasteiger partial charge in [-0.05, 0) is 56.2 Å². The Morgan fingerprint density at radius 1 is 1.31 bits per heavy atom. The van der Waals surface area contributed by atoms with Gasteiger partial charge in [0.1, 0.15) is 5.75 Å². The summed E-state index contributed by atoms with van der Waals surface area (Å²) >= 11 is 0. The second-order valence-electron chi connectivity index (χ2n) is 5.78. The van der Waals surface area contributed by atoms with Crippen LogP contribution in [-0.4, -0.2) is 32.0 Å². The van der Waals surface area contributed by atoms with Crippen molar-refractivity contribution in [2.75, 3.05) is 6.61 Å². The molecule has 0 saturated carbocycles. The van der Waals surface area contributed by atoms with Crippen molar-refractivity contribution in [3.05, 3.63) is 53.9 Å². The van der Waals surface area contributed by atoms with Gasteiger partial charge in [0.2, 0.25) is 15.9 Å². The molecule has 2 rings (SSSR count). The molecule has 1 heterocycles. The largest absolute Gasteiger partial charge is 0.494 e. The summed E-state index contributed by atoms with van der Waals surface area (Å²) in [5.74, 6) is 0.216. The molecule has 0 aliphatic rings. The predicted octanol–water partition coefficient (Wildman–Crippen LogP) is 1.77. The highest BCUT2D eigenvalue weighted by Crippen LogP contribution is 2.21. The molecule has 0 radical (unpaired) electrons. The van der Waals surface area contributed by atoms with E-state index in [0.717, 1.165) is 5.56 Å². The van der Waals surface area contributed by atoms with E-state index in [0.29, 0.717) is 17.9 Å². The number of rotatable bonds is 8. The maximum Gasteiger partial charge on any atom is 0.241 e. The fourth-order valence-corrected chi connectivity index (χ4v) is 3.59. The van der Waals surface area contributed by atoms with E-state index in [9.17, 15) is 13.2 Å². The highest BCUT2D eigenvalue weighted by molar-refractivity contribution is 7.89. The average Bonchev–Trinajstić information content (AvgIpc) is 2.62. The predicted molar refractivity (Wildman–Crippen MR) is 98.2 cm³/mol. The van der Waals surface area contributed by atoms with Crippen molar-refractivity contribution in [1.82, 2.24) is 15.0 Å². The number of carbonyl (C=O) groups excluding carboxylic acids is 1. The first-order valence-electron chi connectivity index (χ1n) is 8.26. The molecular formula is C18H23N3O4S. The van der Waals surface area contributed by atoms with Crippen LogP contribution in [0.15, 0.2) is 47.6 Å². The molecule has 0 aliphatic heterocycles. The number of aromatic nitrogens is 1. The minimum atomic E-state index is -3.82. The van der Waals surface area contributed by atoms with Crippen molar-refractivity contribution < 1.29 is 17.9 Å². The third-order valence-electron chi connectivity index (χ3n) is 3.67. The van der Waals surface area contributed by atoms with E-state index < -0.39 is 22.0 Å². The van der Waals surface area contributed by atoms with E-state index in [2.05, 4.69) is 15.0 Å². The van der Waals surface area contributed by atoms with Crippen LogP contribution in [0.4, 0.5) is 0 Å². The molecule has 140 valence electrons. The van der Waals surface area contributed by atoms with Crippen LogP contribution in [0, 0.1) is 6.92 Å². The van der Waals surface area contributed by atoms with Gasteiger partial charge in [-0.2, -0.15) is 4.72 Å². The van der Waals surface area contributed by atoms with E-state index in [1.54, 1.807) is 31.5 Å². The van der Waals surface area contributed by atoms with Gasteiger partial charge < -0.3 is 10.1 Å². The summed E-state index contributed by atoms with van der Waals surface area (Å²) in [4.78, 5) is 16.2. The van der Waals surface area contributed by atoms with Gasteiger partial charge in [-0.1, -0.05) is 6.07 Å². The molecule has 1 atom stereocenters. The highest BCUT2D eigenvalue weighted by Gasteiger charge is 2.22. The van der Waals surface area contributed by atoms with Gasteiger partial charge in [-0.25, -0.2) is 8.42 Å². The Balaban J connectivity index is 2.01. The van der Waals surface area contributed by atoms with Crippen LogP contribution in [0.25, 0.3) is 0 Å². The van der Waals surface area contributed by atoms with Crippen LogP contribution in [0.2, 0.25) is 0 Å². The number of amides is 1. The number of nitrogens with zero attached hydrogens (tertiary/aromatic N) is 1. The van der Waals surface area contributed by atoms with E-state index in [1.165, 1.54) is 19.1 Å². The van der Waals surface area contributed by atoms with Crippen molar-refractivity contribution in [1.29, 1.82) is 0 Å². The molecule has 0 spiro atoms. The summed E-state index contributed by atoms with van der Waals surface area (Å²) in [5, 5.41) is 2.68. The molecule has 8 heteroatoms. The number of benzene rings is 1. The Bertz CT molecular complexity index is 854. The minimum absolute atomic E-state index is 0.0883. The second kappa shape index (κ2) is 8.77. The summed E-state index contributed by atoms with van der Waals surface area (Å²) in [6.07, 6.45) is 3.28. The topological polar surface area (TPSA) is 97.4 Å². The summed E-state index contributed by atoms with van der Waals surface area (Å²) in [5.41, 5.74) is 1.54. The number of pyridine rings is 1. The third-order valence-corrected chi connectivity index (χ3v) is 5.21. The van der Waals surface area contributed by atoms with Crippen molar-refractivity contribution in [2.24, 2.45) is 0 Å². The zero-order valence-electron chi connectivity index (χ0n) is 15.0. The lowest BCUT2D eigenvalue weighted by molar-refractivity contribution is -0.122. The number of sulfonamides is 1. The summed E-state index contributed by atoms with van der Waals surface area (Å²) < 4.78 is 32.8. The Morgan fingerprint density at radius 2 is 2.08 bits per heavy atom. The van der Waals surface area contributed by atoms with Crippen LogP contribution in [-0.2, 0) is 21.4 Å². The fraction of sp³-hybridized carbons (Fsp3) is 0.333. The molecule has 0 saturated heterocycles. The molecular weight excluding hydrogens is 354 g/mol. The summed E-state index contributed by atoms with van der Waals surface area (Å²) in [7, 11) is -3.82. The normalized spacial score (nSPS) is 12.4. The first-order chi connectivity index (χ1) is 12.3. The van der Waals surface area contributed by atoms with E-state index in [-0.39, 0.29) is 11.4 Å². The van der Waals surface area contributed by atoms with Crippen molar-refractivity contribution >= 4 is 15.9 Å². The number of nitrogens with one attached hydrogen (secondary N) is 2. The molecule has 2 aromatic rings. The quantitative estimate of drug-likeness (QED) is 0.731. The van der Waals surface area contributed by atoms with Crippen LogP contribution in [0.1, 0.15) is 25.0 Å². The van der Waals surface area contributed by atoms with Gasteiger partial charge in [0.25, 0.3) is 0 Å². The summed E-state index contributed by atoms with van der Waals surface area (Å²) in [6, 6.07) is 7.27. The van der Waals surface area contributed by atoms with Gasteiger partial charge in [0, 0.05) is 18.9 Å². The van der Waals surface area contributed by atoms with Gasteiger partial charge in [-0.15, -0.1) is 0 Å². The van der Waals surface area contributed by atoms with Gasteiger partial charge in [-0.3, -0.25) is 9.78 Å². The third kappa shape index (κ3) is 5.27. The zero-order chi connectivity index (χ0) is 19.2. The Morgan fingerprint density at radius 3 is 2.69 bits per heavy atom. The number of ether oxygens (including phenoxy) is 1. The standard InChI is InChI=1S/C18H23N3O4S/c1-4-25-17-8-7-16(10-13(17)2)26(23,24)21-14(3)18(22)20-12-15-6-5-9-19-11-15/h5-11,14,21H,4,12H2,1-3H3,(H,20,22)/t14-/m0/s1. The fourth-order valence-electron chi connectivity index (χ4n) is 2.31. The molecule has 0 fully saturated rings. The highest BCUT2D eigenvalue weighted by atomic mass is 32.2. The lowest BCUT2D eigenvalue weighted by atomic mass is 10.2. The molecule has 1 aromatic heterocycles. The van der Waals surface area contributed by atoms with E-state index >= 15 is 0 Å². The lowest BCUT2D eigenvalue weighted by Gasteiger charge is -2.15. The van der Waals surface area contributed by atoms with Crippen LogP contribution < -0.4 is 14.8 Å². The Labute approximate surface area is 153 Å². The molecule has 0 unspecified atom stereocenters. The Hall–Kier alpha value is -2.45. The first-order valence-corrected chi connectivity index (χ1v) is 9.74. The van der Waals surface area contributed by atoms with Crippen LogP contribution >= 0.6 is 0 Å². The number of aryl methyl sites for hydroxylation is 1. The average molecular weight is 377 g/mol. The second-order valence-corrected chi connectivity index (χ2v) is 7.50. The SMILES string of the molecule is CCOc1ccc(S(=O)(=O)N[C@@H](C)C(=O)NCc2cccnc2)cc1C. The monoisotopic (exact) mass is 377 g/mol. The zero-order valence-corrected chi connectivity index (χ0v) is 15.8. The maximum atomic E-state index is 12.5. The minimum Gasteiger partial charge on any atom is -0.494 e. The molecule has 1 aromatic carbocycles. The van der Waals surface area contributed by atoms with Gasteiger partial charge >= 0.3 is 0 Å². The smallest absolute Gasteiger partial charge is 0.241 e.